The van der Waals surface area contributed by atoms with Crippen LogP contribution in [0, 0.1) is 11.8 Å². The fourth-order valence-corrected chi connectivity index (χ4v) is 2.04. The summed E-state index contributed by atoms with van der Waals surface area (Å²) in [5.41, 5.74) is -0.465. The lowest BCUT2D eigenvalue weighted by Gasteiger charge is -2.25. The maximum atomic E-state index is 12.1. The van der Waals surface area contributed by atoms with Crippen LogP contribution in [-0.4, -0.2) is 22.6 Å². The summed E-state index contributed by atoms with van der Waals surface area (Å²) < 4.78 is 5.42. The molecule has 0 aromatic carbocycles. The van der Waals surface area contributed by atoms with Gasteiger partial charge in [0.15, 0.2) is 0 Å². The van der Waals surface area contributed by atoms with Crippen LogP contribution in [0.2, 0.25) is 0 Å². The van der Waals surface area contributed by atoms with E-state index in [9.17, 15) is 9.59 Å². The molecule has 0 aromatic rings. The van der Waals surface area contributed by atoms with E-state index in [4.69, 9.17) is 9.84 Å². The third-order valence-electron chi connectivity index (χ3n) is 2.92. The standard InChI is InChI=1S/C15H28O4/c1-6-7-12(14(18)19-15(3,4)5)10-11(2)8-9-13(16)17/h11-12H,6-10H2,1-5H3,(H,16,17)/t11-,12+/m1/s1. The van der Waals surface area contributed by atoms with Crippen LogP contribution in [0.1, 0.15) is 66.7 Å². The first-order valence-corrected chi connectivity index (χ1v) is 7.10. The fraction of sp³-hybridized carbons (Fsp3) is 0.867. The molecule has 0 spiro atoms. The van der Waals surface area contributed by atoms with E-state index in [-0.39, 0.29) is 24.2 Å². The van der Waals surface area contributed by atoms with Gasteiger partial charge in [0.05, 0.1) is 5.92 Å². The molecule has 0 aliphatic carbocycles. The number of ether oxygens (including phenoxy) is 1. The van der Waals surface area contributed by atoms with E-state index in [1.54, 1.807) is 0 Å². The molecule has 0 aromatic heterocycles. The van der Waals surface area contributed by atoms with Gasteiger partial charge in [-0.15, -0.1) is 0 Å². The van der Waals surface area contributed by atoms with Crippen molar-refractivity contribution in [2.45, 2.75) is 72.3 Å². The third kappa shape index (κ3) is 9.51. The zero-order valence-electron chi connectivity index (χ0n) is 12.9. The molecule has 0 aliphatic heterocycles. The molecule has 0 fully saturated rings. The lowest BCUT2D eigenvalue weighted by atomic mass is 9.89. The Kier molecular flexibility index (Phi) is 7.72. The molecule has 0 unspecified atom stereocenters. The largest absolute Gasteiger partial charge is 0.481 e. The van der Waals surface area contributed by atoms with Gasteiger partial charge >= 0.3 is 11.9 Å². The first-order chi connectivity index (χ1) is 8.65. The Morgan fingerprint density at radius 1 is 1.21 bits per heavy atom. The van der Waals surface area contributed by atoms with Gasteiger partial charge in [-0.05, 0) is 46.0 Å². The van der Waals surface area contributed by atoms with Gasteiger partial charge in [0.1, 0.15) is 5.60 Å². The van der Waals surface area contributed by atoms with E-state index in [1.165, 1.54) is 0 Å². The van der Waals surface area contributed by atoms with Gasteiger partial charge in [-0.25, -0.2) is 0 Å². The molecule has 1 N–H and O–H groups in total. The van der Waals surface area contributed by atoms with Crippen molar-refractivity contribution in [3.05, 3.63) is 0 Å². The van der Waals surface area contributed by atoms with Crippen molar-refractivity contribution < 1.29 is 19.4 Å². The molecular weight excluding hydrogens is 244 g/mol. The lowest BCUT2D eigenvalue weighted by molar-refractivity contribution is -0.160. The van der Waals surface area contributed by atoms with Gasteiger partial charge in [-0.1, -0.05) is 20.3 Å². The highest BCUT2D eigenvalue weighted by molar-refractivity contribution is 5.72. The van der Waals surface area contributed by atoms with Crippen LogP contribution in [0.25, 0.3) is 0 Å². The first kappa shape index (κ1) is 17.9. The van der Waals surface area contributed by atoms with E-state index in [0.717, 1.165) is 12.8 Å². The van der Waals surface area contributed by atoms with Crippen LogP contribution in [0.15, 0.2) is 0 Å². The summed E-state index contributed by atoms with van der Waals surface area (Å²) in [6.07, 6.45) is 3.20. The molecule has 0 bridgehead atoms. The summed E-state index contributed by atoms with van der Waals surface area (Å²) in [5, 5.41) is 8.67. The van der Waals surface area contributed by atoms with Crippen molar-refractivity contribution in [1.82, 2.24) is 0 Å². The van der Waals surface area contributed by atoms with Crippen molar-refractivity contribution >= 4 is 11.9 Å². The quantitative estimate of drug-likeness (QED) is 0.685. The van der Waals surface area contributed by atoms with Gasteiger partial charge in [-0.3, -0.25) is 9.59 Å². The van der Waals surface area contributed by atoms with E-state index >= 15 is 0 Å². The molecule has 19 heavy (non-hydrogen) atoms. The van der Waals surface area contributed by atoms with Crippen LogP contribution in [0.5, 0.6) is 0 Å². The van der Waals surface area contributed by atoms with Crippen molar-refractivity contribution in [3.8, 4) is 0 Å². The number of carbonyl (C=O) groups is 2. The van der Waals surface area contributed by atoms with Gasteiger partial charge < -0.3 is 9.84 Å². The third-order valence-corrected chi connectivity index (χ3v) is 2.92. The number of rotatable bonds is 8. The normalized spacial score (nSPS) is 14.8. The molecule has 0 saturated heterocycles. The SMILES string of the molecule is CCC[C@@H](C[C@H](C)CCC(=O)O)C(=O)OC(C)(C)C. The van der Waals surface area contributed by atoms with Crippen molar-refractivity contribution in [2.24, 2.45) is 11.8 Å². The average molecular weight is 272 g/mol. The minimum atomic E-state index is -0.781. The Morgan fingerprint density at radius 3 is 2.21 bits per heavy atom. The molecular formula is C15H28O4. The lowest BCUT2D eigenvalue weighted by Crippen LogP contribution is -2.29. The molecule has 0 radical (unpaired) electrons. The smallest absolute Gasteiger partial charge is 0.309 e. The highest BCUT2D eigenvalue weighted by atomic mass is 16.6. The second-order valence-corrected chi connectivity index (χ2v) is 6.29. The fourth-order valence-electron chi connectivity index (χ4n) is 2.04. The van der Waals surface area contributed by atoms with Crippen molar-refractivity contribution in [1.29, 1.82) is 0 Å². The van der Waals surface area contributed by atoms with E-state index in [1.807, 2.05) is 34.6 Å². The summed E-state index contributed by atoms with van der Waals surface area (Å²) in [6.45, 7) is 9.63. The summed E-state index contributed by atoms with van der Waals surface area (Å²) in [5.74, 6) is -0.833. The van der Waals surface area contributed by atoms with Crippen LogP contribution in [0.4, 0.5) is 0 Å². The topological polar surface area (TPSA) is 63.6 Å². The molecule has 2 atom stereocenters. The van der Waals surface area contributed by atoms with Crippen molar-refractivity contribution in [2.75, 3.05) is 0 Å². The van der Waals surface area contributed by atoms with Crippen LogP contribution < -0.4 is 0 Å². The molecule has 0 aliphatic rings. The molecule has 0 heterocycles. The molecule has 4 heteroatoms. The minimum Gasteiger partial charge on any atom is -0.481 e. The van der Waals surface area contributed by atoms with Crippen LogP contribution >= 0.6 is 0 Å². The van der Waals surface area contributed by atoms with Gasteiger partial charge in [0.2, 0.25) is 0 Å². The summed E-state index contributed by atoms with van der Waals surface area (Å²) in [4.78, 5) is 22.6. The van der Waals surface area contributed by atoms with Crippen LogP contribution in [-0.2, 0) is 14.3 Å². The number of hydrogen-bond donors (Lipinski definition) is 1. The maximum absolute atomic E-state index is 12.1. The maximum Gasteiger partial charge on any atom is 0.309 e. The van der Waals surface area contributed by atoms with Gasteiger partial charge in [0, 0.05) is 6.42 Å². The summed E-state index contributed by atoms with van der Waals surface area (Å²) >= 11 is 0. The van der Waals surface area contributed by atoms with E-state index in [2.05, 4.69) is 0 Å². The Balaban J connectivity index is 4.38. The number of hydrogen-bond acceptors (Lipinski definition) is 3. The second-order valence-electron chi connectivity index (χ2n) is 6.29. The van der Waals surface area contributed by atoms with Crippen molar-refractivity contribution in [3.63, 3.8) is 0 Å². The number of carboxylic acids is 1. The van der Waals surface area contributed by atoms with Crippen LogP contribution in [0.3, 0.4) is 0 Å². The molecule has 0 saturated carbocycles. The zero-order valence-corrected chi connectivity index (χ0v) is 12.9. The Hall–Kier alpha value is -1.06. The zero-order chi connectivity index (χ0) is 15.1. The summed E-state index contributed by atoms with van der Waals surface area (Å²) in [6, 6.07) is 0. The highest BCUT2D eigenvalue weighted by Crippen LogP contribution is 2.24. The number of esters is 1. The predicted molar refractivity (Wildman–Crippen MR) is 74.9 cm³/mol. The number of carbonyl (C=O) groups excluding carboxylic acids is 1. The molecule has 112 valence electrons. The monoisotopic (exact) mass is 272 g/mol. The number of aliphatic carboxylic acids is 1. The predicted octanol–water partition coefficient (Wildman–Crippen LogP) is 3.64. The average Bonchev–Trinajstić information content (AvgIpc) is 2.23. The van der Waals surface area contributed by atoms with E-state index < -0.39 is 11.6 Å². The molecule has 4 nitrogen and oxygen atoms in total. The van der Waals surface area contributed by atoms with E-state index in [0.29, 0.717) is 12.8 Å². The Labute approximate surface area is 116 Å². The minimum absolute atomic E-state index is 0.118. The molecule has 0 rings (SSSR count). The van der Waals surface area contributed by atoms with Gasteiger partial charge in [-0.2, -0.15) is 0 Å². The van der Waals surface area contributed by atoms with Gasteiger partial charge in [0.25, 0.3) is 0 Å². The molecule has 0 amide bonds. The Morgan fingerprint density at radius 2 is 1.79 bits per heavy atom. The Bertz CT molecular complexity index is 291. The highest BCUT2D eigenvalue weighted by Gasteiger charge is 2.26. The first-order valence-electron chi connectivity index (χ1n) is 7.10. The summed E-state index contributed by atoms with van der Waals surface area (Å²) in [7, 11) is 0. The number of carboxylic acid groups (broad SMARTS) is 1. The second kappa shape index (κ2) is 8.18.